The number of hydrogen-bond donors (Lipinski definition) is 1. The maximum atomic E-state index is 14.3. The number of sulfonamides is 1. The second-order valence-corrected chi connectivity index (χ2v) is 12.6. The molecule has 0 aliphatic heterocycles. The summed E-state index contributed by atoms with van der Waals surface area (Å²) in [5.74, 6) is -1.55. The highest BCUT2D eigenvalue weighted by Gasteiger charge is 2.34. The van der Waals surface area contributed by atoms with Gasteiger partial charge >= 0.3 is 0 Å². The van der Waals surface area contributed by atoms with E-state index in [9.17, 15) is 22.4 Å². The van der Waals surface area contributed by atoms with E-state index in [2.05, 4.69) is 5.32 Å². The van der Waals surface area contributed by atoms with Crippen LogP contribution < -0.4 is 9.62 Å². The van der Waals surface area contributed by atoms with Gasteiger partial charge in [0.05, 0.1) is 10.6 Å². The fourth-order valence-electron chi connectivity index (χ4n) is 4.58. The monoisotopic (exact) mass is 621 g/mol. The van der Waals surface area contributed by atoms with Gasteiger partial charge in [-0.2, -0.15) is 0 Å². The SMILES string of the molecule is CC(C)NC(=O)[C@H](Cc1ccccc1)N(Cc1ccc(Cl)cc1)C(=O)CN(c1ccccc1)S(=O)(=O)c1ccc(F)cc1. The molecule has 224 valence electrons. The van der Waals surface area contributed by atoms with E-state index in [0.29, 0.717) is 10.6 Å². The quantitative estimate of drug-likeness (QED) is 0.215. The summed E-state index contributed by atoms with van der Waals surface area (Å²) in [6.07, 6.45) is 0.203. The Kier molecular flexibility index (Phi) is 10.6. The minimum Gasteiger partial charge on any atom is -0.352 e. The second kappa shape index (κ2) is 14.3. The third kappa shape index (κ3) is 8.43. The number of hydrogen-bond acceptors (Lipinski definition) is 4. The van der Waals surface area contributed by atoms with Gasteiger partial charge in [0, 0.05) is 24.0 Å². The topological polar surface area (TPSA) is 86.8 Å². The van der Waals surface area contributed by atoms with Gasteiger partial charge in [-0.25, -0.2) is 12.8 Å². The van der Waals surface area contributed by atoms with Crippen molar-refractivity contribution in [3.63, 3.8) is 0 Å². The van der Waals surface area contributed by atoms with E-state index >= 15 is 0 Å². The highest BCUT2D eigenvalue weighted by molar-refractivity contribution is 7.92. The number of carbonyl (C=O) groups excluding carboxylic acids is 2. The van der Waals surface area contributed by atoms with Crippen LogP contribution >= 0.6 is 11.6 Å². The molecule has 0 aromatic heterocycles. The predicted octanol–water partition coefficient (Wildman–Crippen LogP) is 5.84. The zero-order valence-corrected chi connectivity index (χ0v) is 25.4. The smallest absolute Gasteiger partial charge is 0.264 e. The van der Waals surface area contributed by atoms with Crippen molar-refractivity contribution in [2.24, 2.45) is 0 Å². The van der Waals surface area contributed by atoms with E-state index in [-0.39, 0.29) is 35.5 Å². The minimum atomic E-state index is -4.30. The molecule has 4 aromatic rings. The van der Waals surface area contributed by atoms with Crippen molar-refractivity contribution in [3.05, 3.63) is 131 Å². The van der Waals surface area contributed by atoms with Gasteiger partial charge in [-0.15, -0.1) is 0 Å². The van der Waals surface area contributed by atoms with Gasteiger partial charge in [-0.1, -0.05) is 72.3 Å². The summed E-state index contributed by atoms with van der Waals surface area (Å²) in [6, 6.07) is 27.7. The molecular formula is C33H33ClFN3O4S. The molecule has 1 atom stereocenters. The molecule has 0 fully saturated rings. The van der Waals surface area contributed by atoms with Gasteiger partial charge in [0.2, 0.25) is 11.8 Å². The molecule has 0 heterocycles. The van der Waals surface area contributed by atoms with E-state index in [1.54, 1.807) is 54.6 Å². The Balaban J connectivity index is 1.78. The first-order valence-corrected chi connectivity index (χ1v) is 15.6. The first-order chi connectivity index (χ1) is 20.5. The van der Waals surface area contributed by atoms with E-state index in [0.717, 1.165) is 34.1 Å². The number of anilines is 1. The van der Waals surface area contributed by atoms with Crippen molar-refractivity contribution >= 4 is 39.1 Å². The van der Waals surface area contributed by atoms with Gasteiger partial charge in [0.25, 0.3) is 10.0 Å². The normalized spacial score (nSPS) is 12.0. The average molecular weight is 622 g/mol. The van der Waals surface area contributed by atoms with Gasteiger partial charge < -0.3 is 10.2 Å². The number of halogens is 2. The highest BCUT2D eigenvalue weighted by atomic mass is 35.5. The van der Waals surface area contributed by atoms with Crippen molar-refractivity contribution in [1.29, 1.82) is 0 Å². The largest absolute Gasteiger partial charge is 0.352 e. The highest BCUT2D eigenvalue weighted by Crippen LogP contribution is 2.25. The van der Waals surface area contributed by atoms with Crippen LogP contribution in [-0.2, 0) is 32.6 Å². The lowest BCUT2D eigenvalue weighted by Crippen LogP contribution is -2.54. The Morgan fingerprint density at radius 2 is 1.40 bits per heavy atom. The summed E-state index contributed by atoms with van der Waals surface area (Å²) in [5, 5.41) is 3.43. The molecule has 0 spiro atoms. The van der Waals surface area contributed by atoms with Crippen molar-refractivity contribution in [1.82, 2.24) is 10.2 Å². The van der Waals surface area contributed by atoms with Crippen LogP contribution in [0, 0.1) is 5.82 Å². The summed E-state index contributed by atoms with van der Waals surface area (Å²) < 4.78 is 42.4. The molecule has 0 unspecified atom stereocenters. The molecule has 7 nitrogen and oxygen atoms in total. The van der Waals surface area contributed by atoms with E-state index < -0.39 is 34.3 Å². The van der Waals surface area contributed by atoms with E-state index in [1.165, 1.54) is 4.90 Å². The molecule has 2 amide bonds. The number of rotatable bonds is 12. The number of nitrogens with zero attached hydrogens (tertiary/aromatic N) is 2. The number of benzene rings is 4. The average Bonchev–Trinajstić information content (AvgIpc) is 2.99. The molecule has 4 rings (SSSR count). The number of amides is 2. The summed E-state index contributed by atoms with van der Waals surface area (Å²) in [7, 11) is -4.30. The minimum absolute atomic E-state index is 0.0260. The van der Waals surface area contributed by atoms with E-state index in [4.69, 9.17) is 11.6 Å². The maximum Gasteiger partial charge on any atom is 0.264 e. The maximum absolute atomic E-state index is 14.3. The summed E-state index contributed by atoms with van der Waals surface area (Å²) in [6.45, 7) is 3.08. The molecular weight excluding hydrogens is 589 g/mol. The summed E-state index contributed by atoms with van der Waals surface area (Å²) in [5.41, 5.74) is 1.79. The van der Waals surface area contributed by atoms with Crippen molar-refractivity contribution in [2.75, 3.05) is 10.8 Å². The summed E-state index contributed by atoms with van der Waals surface area (Å²) >= 11 is 6.10. The van der Waals surface area contributed by atoms with Crippen LogP contribution in [0.3, 0.4) is 0 Å². The van der Waals surface area contributed by atoms with Crippen LogP contribution in [0.2, 0.25) is 5.02 Å². The molecule has 10 heteroatoms. The fraction of sp³-hybridized carbons (Fsp3) is 0.212. The Morgan fingerprint density at radius 1 is 0.814 bits per heavy atom. The lowest BCUT2D eigenvalue weighted by Gasteiger charge is -2.34. The Hall–Kier alpha value is -4.21. The molecule has 1 N–H and O–H groups in total. The molecule has 43 heavy (non-hydrogen) atoms. The lowest BCUT2D eigenvalue weighted by molar-refractivity contribution is -0.140. The first kappa shape index (κ1) is 31.7. The van der Waals surface area contributed by atoms with Crippen molar-refractivity contribution in [2.45, 2.75) is 43.8 Å². The molecule has 0 aliphatic carbocycles. The Morgan fingerprint density at radius 3 is 1.98 bits per heavy atom. The second-order valence-electron chi connectivity index (χ2n) is 10.3. The molecule has 0 aliphatic rings. The van der Waals surface area contributed by atoms with Gasteiger partial charge in [-0.05, 0) is 73.5 Å². The molecule has 4 aromatic carbocycles. The first-order valence-electron chi connectivity index (χ1n) is 13.8. The van der Waals surface area contributed by atoms with Crippen LogP contribution in [-0.4, -0.2) is 43.8 Å². The molecule has 0 saturated carbocycles. The number of carbonyl (C=O) groups is 2. The Bertz CT molecular complexity index is 1620. The third-order valence-electron chi connectivity index (χ3n) is 6.69. The number of nitrogens with one attached hydrogen (secondary N) is 1. The van der Waals surface area contributed by atoms with Gasteiger partial charge in [0.15, 0.2) is 0 Å². The molecule has 0 radical (unpaired) electrons. The lowest BCUT2D eigenvalue weighted by atomic mass is 10.0. The third-order valence-corrected chi connectivity index (χ3v) is 8.73. The van der Waals surface area contributed by atoms with Crippen LogP contribution in [0.5, 0.6) is 0 Å². The molecule has 0 saturated heterocycles. The fourth-order valence-corrected chi connectivity index (χ4v) is 6.12. The summed E-state index contributed by atoms with van der Waals surface area (Å²) in [4.78, 5) is 29.2. The van der Waals surface area contributed by atoms with E-state index in [1.807, 2.05) is 44.2 Å². The van der Waals surface area contributed by atoms with Crippen LogP contribution in [0.4, 0.5) is 10.1 Å². The van der Waals surface area contributed by atoms with Crippen LogP contribution in [0.15, 0.2) is 114 Å². The van der Waals surface area contributed by atoms with Gasteiger partial charge in [0.1, 0.15) is 18.4 Å². The standard InChI is InChI=1S/C33H33ClFN3O4S/c1-24(2)36-33(40)31(21-25-9-5-3-6-10-25)37(22-26-13-15-27(34)16-14-26)32(39)23-38(29-11-7-4-8-12-29)43(41,42)30-19-17-28(35)18-20-30/h3-20,24,31H,21-23H2,1-2H3,(H,36,40)/t31-/m0/s1. The predicted molar refractivity (Wildman–Crippen MR) is 167 cm³/mol. The van der Waals surface area contributed by atoms with Crippen molar-refractivity contribution in [3.8, 4) is 0 Å². The van der Waals surface area contributed by atoms with Crippen LogP contribution in [0.1, 0.15) is 25.0 Å². The Labute approximate surface area is 257 Å². The van der Waals surface area contributed by atoms with Crippen LogP contribution in [0.25, 0.3) is 0 Å². The number of para-hydroxylation sites is 1. The van der Waals surface area contributed by atoms with Gasteiger partial charge in [-0.3, -0.25) is 13.9 Å². The zero-order chi connectivity index (χ0) is 31.0. The molecule has 0 bridgehead atoms. The zero-order valence-electron chi connectivity index (χ0n) is 23.9. The van der Waals surface area contributed by atoms with Crippen molar-refractivity contribution < 1.29 is 22.4 Å².